The van der Waals surface area contributed by atoms with E-state index in [9.17, 15) is 5.11 Å². The highest BCUT2D eigenvalue weighted by molar-refractivity contribution is 7.78. The summed E-state index contributed by atoms with van der Waals surface area (Å²) in [5.74, 6) is 0. The van der Waals surface area contributed by atoms with E-state index >= 15 is 0 Å². The minimum atomic E-state index is -0.793. The summed E-state index contributed by atoms with van der Waals surface area (Å²) in [6.07, 6.45) is 13.3. The maximum absolute atomic E-state index is 9.68. The van der Waals surface area contributed by atoms with E-state index in [0.29, 0.717) is 13.0 Å². The average Bonchev–Trinajstić information content (AvgIpc) is 2.54. The van der Waals surface area contributed by atoms with Crippen molar-refractivity contribution in [2.24, 2.45) is 0 Å². The van der Waals surface area contributed by atoms with Gasteiger partial charge in [-0.3, -0.25) is 0 Å². The second-order valence-corrected chi connectivity index (χ2v) is 6.42. The quantitative estimate of drug-likeness (QED) is 0.306. The molecule has 2 N–H and O–H groups in total. The first-order valence-corrected chi connectivity index (χ1v) is 9.57. The van der Waals surface area contributed by atoms with Crippen molar-refractivity contribution in [1.82, 2.24) is 0 Å². The number of hydrogen-bond donors (Lipinski definition) is 2. The van der Waals surface area contributed by atoms with Crippen molar-refractivity contribution in [2.75, 3.05) is 13.2 Å². The van der Waals surface area contributed by atoms with Gasteiger partial charge in [-0.1, -0.05) is 76.9 Å². The lowest BCUT2D eigenvalue weighted by Gasteiger charge is -2.21. The van der Waals surface area contributed by atoms with E-state index in [4.69, 9.17) is 22.1 Å². The lowest BCUT2D eigenvalue weighted by atomic mass is 10.1. The molecule has 0 aromatic heterocycles. The summed E-state index contributed by atoms with van der Waals surface area (Å²) >= 11 is 4.80. The van der Waals surface area contributed by atoms with Crippen LogP contribution in [0.5, 0.6) is 0 Å². The molecule has 0 saturated heterocycles. The Morgan fingerprint density at radius 3 is 2.00 bits per heavy atom. The molecule has 2 unspecified atom stereocenters. The predicted octanol–water partition coefficient (Wildman–Crippen LogP) is 4.43. The van der Waals surface area contributed by atoms with Crippen molar-refractivity contribution < 1.29 is 14.9 Å². The highest BCUT2D eigenvalue weighted by Crippen LogP contribution is 2.12. The number of rotatable bonds is 17. The molecule has 0 heterocycles. The lowest BCUT2D eigenvalue weighted by molar-refractivity contribution is -0.0610. The van der Waals surface area contributed by atoms with Gasteiger partial charge >= 0.3 is 0 Å². The zero-order valence-electron chi connectivity index (χ0n) is 14.3. The van der Waals surface area contributed by atoms with Gasteiger partial charge in [0, 0.05) is 6.61 Å². The van der Waals surface area contributed by atoms with Gasteiger partial charge in [0.1, 0.15) is 6.10 Å². The molecule has 0 aromatic rings. The topological polar surface area (TPSA) is 49.7 Å². The molecule has 0 amide bonds. The van der Waals surface area contributed by atoms with Gasteiger partial charge in [-0.2, -0.15) is 0 Å². The summed E-state index contributed by atoms with van der Waals surface area (Å²) in [5.41, 5.74) is 0. The first kappa shape index (κ1) is 22.0. The van der Waals surface area contributed by atoms with Crippen molar-refractivity contribution in [1.29, 1.82) is 0 Å². The van der Waals surface area contributed by atoms with Gasteiger partial charge in [-0.25, -0.2) is 0 Å². The van der Waals surface area contributed by atoms with Crippen LogP contribution >= 0.6 is 12.2 Å². The van der Waals surface area contributed by atoms with E-state index in [2.05, 4.69) is 6.92 Å². The summed E-state index contributed by atoms with van der Waals surface area (Å²) in [6.45, 7) is 2.66. The van der Waals surface area contributed by atoms with Gasteiger partial charge in [0.15, 0.2) is 0 Å². The molecule has 0 aliphatic heterocycles. The molecule has 0 rings (SSSR count). The summed E-state index contributed by atoms with van der Waals surface area (Å²) in [6, 6.07) is 0. The van der Waals surface area contributed by atoms with E-state index in [1.165, 1.54) is 57.8 Å². The summed E-state index contributed by atoms with van der Waals surface area (Å²) in [4.78, 5) is 0. The molecule has 0 fully saturated rings. The van der Waals surface area contributed by atoms with Crippen LogP contribution in [0.25, 0.3) is 0 Å². The van der Waals surface area contributed by atoms with E-state index in [1.54, 1.807) is 5.37 Å². The third-order valence-corrected chi connectivity index (χ3v) is 4.25. The maximum atomic E-state index is 9.68. The Bertz CT molecular complexity index is 236. The minimum absolute atomic E-state index is 0.250. The molecule has 0 saturated carbocycles. The number of unbranched alkanes of at least 4 members (excludes halogenated alkanes) is 9. The van der Waals surface area contributed by atoms with Gasteiger partial charge in [0.2, 0.25) is 0 Å². The van der Waals surface area contributed by atoms with Crippen LogP contribution in [0.1, 0.15) is 84.0 Å². The van der Waals surface area contributed by atoms with Crippen molar-refractivity contribution in [2.45, 2.75) is 96.2 Å². The van der Waals surface area contributed by atoms with E-state index in [0.717, 1.165) is 12.8 Å². The fourth-order valence-corrected chi connectivity index (χ4v) is 2.70. The molecule has 0 radical (unpaired) electrons. The minimum Gasteiger partial charge on any atom is -0.394 e. The van der Waals surface area contributed by atoms with Crippen LogP contribution < -0.4 is 0 Å². The van der Waals surface area contributed by atoms with Crippen LogP contribution in [-0.4, -0.2) is 41.0 Å². The molecule has 0 aliphatic carbocycles. The SMILES string of the molecule is CCCCCCCCCCCCOC(CCC=S)C(O)CO. The standard InChI is InChI=1S/C18H36O3S/c1-2-3-4-5-6-7-8-9-10-11-14-21-18(13-12-15-22)17(20)16-19/h15,17-20H,2-14,16H2,1H3. The molecule has 4 heteroatoms. The predicted molar refractivity (Wildman–Crippen MR) is 97.6 cm³/mol. The Morgan fingerprint density at radius 2 is 1.50 bits per heavy atom. The second-order valence-electron chi connectivity index (χ2n) is 6.09. The van der Waals surface area contributed by atoms with Crippen LogP contribution in [0.15, 0.2) is 0 Å². The largest absolute Gasteiger partial charge is 0.394 e. The van der Waals surface area contributed by atoms with Crippen molar-refractivity contribution in [3.05, 3.63) is 0 Å². The van der Waals surface area contributed by atoms with Crippen LogP contribution in [-0.2, 0) is 4.74 Å². The molecule has 132 valence electrons. The first-order chi connectivity index (χ1) is 10.8. The van der Waals surface area contributed by atoms with Crippen LogP contribution in [0.4, 0.5) is 0 Å². The Balaban J connectivity index is 3.43. The molecule has 0 spiro atoms. The lowest BCUT2D eigenvalue weighted by Crippen LogP contribution is -2.32. The molecular weight excluding hydrogens is 296 g/mol. The Kier molecular flexibility index (Phi) is 17.3. The van der Waals surface area contributed by atoms with Crippen molar-refractivity contribution in [3.63, 3.8) is 0 Å². The first-order valence-electron chi connectivity index (χ1n) is 9.10. The molecule has 0 aromatic carbocycles. The highest BCUT2D eigenvalue weighted by atomic mass is 32.1. The fraction of sp³-hybridized carbons (Fsp3) is 0.944. The van der Waals surface area contributed by atoms with Crippen LogP contribution in [0.3, 0.4) is 0 Å². The van der Waals surface area contributed by atoms with Gasteiger partial charge in [0.05, 0.1) is 12.7 Å². The monoisotopic (exact) mass is 332 g/mol. The molecule has 2 atom stereocenters. The Labute approximate surface area is 142 Å². The van der Waals surface area contributed by atoms with Gasteiger partial charge in [0.25, 0.3) is 0 Å². The van der Waals surface area contributed by atoms with Crippen LogP contribution in [0.2, 0.25) is 0 Å². The number of ether oxygens (including phenoxy) is 1. The smallest absolute Gasteiger partial charge is 0.103 e. The zero-order chi connectivity index (χ0) is 16.5. The summed E-state index contributed by atoms with van der Waals surface area (Å²) in [7, 11) is 0. The molecule has 0 aliphatic rings. The number of aliphatic hydroxyl groups is 2. The number of thiocarbonyl (C=S) groups is 1. The maximum Gasteiger partial charge on any atom is 0.103 e. The van der Waals surface area contributed by atoms with Crippen molar-refractivity contribution in [3.8, 4) is 0 Å². The summed E-state index contributed by atoms with van der Waals surface area (Å²) < 4.78 is 5.69. The van der Waals surface area contributed by atoms with Crippen molar-refractivity contribution >= 4 is 17.6 Å². The van der Waals surface area contributed by atoms with Gasteiger partial charge in [-0.05, 0) is 24.6 Å². The highest BCUT2D eigenvalue weighted by Gasteiger charge is 2.18. The number of aliphatic hydroxyl groups excluding tert-OH is 2. The molecule has 0 bridgehead atoms. The van der Waals surface area contributed by atoms with E-state index in [1.807, 2.05) is 0 Å². The summed E-state index contributed by atoms with van der Waals surface area (Å²) in [5, 5.41) is 20.4. The average molecular weight is 333 g/mol. The van der Waals surface area contributed by atoms with E-state index < -0.39 is 6.10 Å². The number of hydrogen-bond acceptors (Lipinski definition) is 4. The molecular formula is C18H36O3S. The Morgan fingerprint density at radius 1 is 0.955 bits per heavy atom. The second kappa shape index (κ2) is 17.3. The van der Waals surface area contributed by atoms with Gasteiger partial charge in [-0.15, -0.1) is 0 Å². The van der Waals surface area contributed by atoms with E-state index in [-0.39, 0.29) is 12.7 Å². The van der Waals surface area contributed by atoms with Gasteiger partial charge < -0.3 is 14.9 Å². The molecule has 3 nitrogen and oxygen atoms in total. The third kappa shape index (κ3) is 13.6. The fourth-order valence-electron chi connectivity index (χ4n) is 2.56. The Hall–Kier alpha value is -0.0300. The normalized spacial score (nSPS) is 14.0. The van der Waals surface area contributed by atoms with Crippen LogP contribution in [0, 0.1) is 0 Å². The zero-order valence-corrected chi connectivity index (χ0v) is 15.2. The third-order valence-electron chi connectivity index (χ3n) is 4.02. The molecule has 22 heavy (non-hydrogen) atoms.